The maximum absolute atomic E-state index is 12.5. The first-order chi connectivity index (χ1) is 11.4. The summed E-state index contributed by atoms with van der Waals surface area (Å²) in [5, 5.41) is 0.446. The molecule has 0 bridgehead atoms. The van der Waals surface area contributed by atoms with Crippen molar-refractivity contribution in [1.29, 1.82) is 0 Å². The fourth-order valence-electron chi connectivity index (χ4n) is 2.38. The quantitative estimate of drug-likeness (QED) is 0.594. The summed E-state index contributed by atoms with van der Waals surface area (Å²) in [6.45, 7) is 5.75. The van der Waals surface area contributed by atoms with Gasteiger partial charge in [0.2, 0.25) is 17.7 Å². The van der Waals surface area contributed by atoms with Crippen LogP contribution in [0.2, 0.25) is 0 Å². The summed E-state index contributed by atoms with van der Waals surface area (Å²) >= 11 is 2.88. The summed E-state index contributed by atoms with van der Waals surface area (Å²) in [5.41, 5.74) is -0.526. The number of hydrogen-bond acceptors (Lipinski definition) is 7. The molecule has 2 aromatic rings. The molecule has 0 atom stereocenters. The van der Waals surface area contributed by atoms with Crippen LogP contribution in [0.4, 0.5) is 5.13 Å². The van der Waals surface area contributed by atoms with Gasteiger partial charge in [0.05, 0.1) is 22.4 Å². The van der Waals surface area contributed by atoms with Crippen LogP contribution in [0.1, 0.15) is 45.3 Å². The van der Waals surface area contributed by atoms with Crippen LogP contribution in [0.3, 0.4) is 0 Å². The molecule has 0 radical (unpaired) electrons. The van der Waals surface area contributed by atoms with E-state index in [0.717, 1.165) is 16.4 Å². The number of nitrogens with zero attached hydrogens (tertiary/aromatic N) is 3. The summed E-state index contributed by atoms with van der Waals surface area (Å²) < 4.78 is 6.49. The molecule has 2 amide bonds. The zero-order valence-corrected chi connectivity index (χ0v) is 15.5. The van der Waals surface area contributed by atoms with Gasteiger partial charge in [-0.3, -0.25) is 9.59 Å². The standard InChI is InChI=1S/C16H19N3O3S2/c1-4-10-7-17-11(22-10)9-23-13-8-18-15(24-13)19-12(20)5-6-16(2,3)14(19)21/h7-8H,4-6,9H2,1-3H3. The summed E-state index contributed by atoms with van der Waals surface area (Å²) in [7, 11) is 0. The molecule has 1 aliphatic heterocycles. The lowest BCUT2D eigenvalue weighted by Gasteiger charge is -2.33. The van der Waals surface area contributed by atoms with E-state index < -0.39 is 5.41 Å². The van der Waals surface area contributed by atoms with Crippen LogP contribution in [0.25, 0.3) is 0 Å². The predicted octanol–water partition coefficient (Wildman–Crippen LogP) is 3.67. The first kappa shape index (κ1) is 17.2. The van der Waals surface area contributed by atoms with Crippen molar-refractivity contribution in [1.82, 2.24) is 9.97 Å². The van der Waals surface area contributed by atoms with Gasteiger partial charge in [-0.15, -0.1) is 11.8 Å². The molecule has 1 fully saturated rings. The van der Waals surface area contributed by atoms with Gasteiger partial charge in [-0.1, -0.05) is 32.1 Å². The minimum Gasteiger partial charge on any atom is -0.445 e. The number of piperidine rings is 1. The van der Waals surface area contributed by atoms with E-state index in [1.807, 2.05) is 20.8 Å². The molecule has 8 heteroatoms. The molecule has 24 heavy (non-hydrogen) atoms. The zero-order valence-electron chi connectivity index (χ0n) is 13.9. The average molecular weight is 365 g/mol. The number of carbonyl (C=O) groups excluding carboxylic acids is 2. The lowest BCUT2D eigenvalue weighted by Crippen LogP contribution is -2.49. The van der Waals surface area contributed by atoms with Crippen molar-refractivity contribution in [3.63, 3.8) is 0 Å². The van der Waals surface area contributed by atoms with Crippen molar-refractivity contribution in [3.8, 4) is 0 Å². The molecule has 1 saturated heterocycles. The van der Waals surface area contributed by atoms with E-state index in [4.69, 9.17) is 4.42 Å². The van der Waals surface area contributed by atoms with Crippen LogP contribution in [-0.4, -0.2) is 21.8 Å². The van der Waals surface area contributed by atoms with Crippen LogP contribution in [0, 0.1) is 5.41 Å². The monoisotopic (exact) mass is 365 g/mol. The first-order valence-corrected chi connectivity index (χ1v) is 9.60. The number of oxazole rings is 1. The van der Waals surface area contributed by atoms with Crippen molar-refractivity contribution < 1.29 is 14.0 Å². The van der Waals surface area contributed by atoms with Gasteiger partial charge in [-0.25, -0.2) is 14.9 Å². The lowest BCUT2D eigenvalue weighted by atomic mass is 9.83. The minimum atomic E-state index is -0.526. The zero-order chi connectivity index (χ0) is 17.3. The molecule has 3 heterocycles. The maximum atomic E-state index is 12.5. The Labute approximate surface area is 148 Å². The van der Waals surface area contributed by atoms with Crippen LogP contribution >= 0.6 is 23.1 Å². The second kappa shape index (κ2) is 6.68. The fourth-order valence-corrected chi connectivity index (χ4v) is 4.21. The Kier molecular flexibility index (Phi) is 4.78. The van der Waals surface area contributed by atoms with Gasteiger partial charge in [0.1, 0.15) is 5.76 Å². The van der Waals surface area contributed by atoms with Crippen molar-refractivity contribution in [2.45, 2.75) is 50.0 Å². The van der Waals surface area contributed by atoms with Crippen molar-refractivity contribution >= 4 is 40.0 Å². The van der Waals surface area contributed by atoms with Crippen molar-refractivity contribution in [3.05, 3.63) is 24.0 Å². The molecular formula is C16H19N3O3S2. The number of anilines is 1. The number of rotatable bonds is 5. The van der Waals surface area contributed by atoms with E-state index in [1.165, 1.54) is 28.0 Å². The number of aryl methyl sites for hydroxylation is 1. The van der Waals surface area contributed by atoms with Crippen molar-refractivity contribution in [2.75, 3.05) is 4.90 Å². The second-order valence-electron chi connectivity index (χ2n) is 6.24. The molecule has 6 nitrogen and oxygen atoms in total. The van der Waals surface area contributed by atoms with E-state index in [2.05, 4.69) is 9.97 Å². The summed E-state index contributed by atoms with van der Waals surface area (Å²) in [6, 6.07) is 0. The SMILES string of the molecule is CCc1cnc(CSc2cnc(N3C(=O)CCC(C)(C)C3=O)s2)o1. The molecule has 3 rings (SSSR count). The molecule has 0 saturated carbocycles. The Bertz CT molecular complexity index is 766. The normalized spacial score (nSPS) is 17.5. The third-order valence-corrected chi connectivity index (χ3v) is 6.11. The van der Waals surface area contributed by atoms with Gasteiger partial charge in [0.15, 0.2) is 5.13 Å². The highest BCUT2D eigenvalue weighted by Gasteiger charge is 2.42. The Morgan fingerprint density at radius 1 is 1.33 bits per heavy atom. The van der Waals surface area contributed by atoms with Crippen LogP contribution in [0.5, 0.6) is 0 Å². The smallest absolute Gasteiger partial charge is 0.241 e. The molecule has 128 valence electrons. The summed E-state index contributed by atoms with van der Waals surface area (Å²) in [6.07, 6.45) is 5.20. The number of carbonyl (C=O) groups is 2. The lowest BCUT2D eigenvalue weighted by molar-refractivity contribution is -0.136. The predicted molar refractivity (Wildman–Crippen MR) is 93.1 cm³/mol. The number of thioether (sulfide) groups is 1. The highest BCUT2D eigenvalue weighted by molar-refractivity contribution is 8.00. The van der Waals surface area contributed by atoms with Gasteiger partial charge in [0, 0.05) is 18.3 Å². The highest BCUT2D eigenvalue weighted by atomic mass is 32.2. The van der Waals surface area contributed by atoms with Crippen LogP contribution < -0.4 is 4.90 Å². The number of aromatic nitrogens is 2. The third-order valence-electron chi connectivity index (χ3n) is 3.95. The molecule has 0 aromatic carbocycles. The Morgan fingerprint density at radius 3 is 2.83 bits per heavy atom. The van der Waals surface area contributed by atoms with Gasteiger partial charge >= 0.3 is 0 Å². The number of amides is 2. The van der Waals surface area contributed by atoms with E-state index in [9.17, 15) is 9.59 Å². The van der Waals surface area contributed by atoms with Gasteiger partial charge in [-0.2, -0.15) is 0 Å². The van der Waals surface area contributed by atoms with Crippen LogP contribution in [-0.2, 0) is 21.8 Å². The topological polar surface area (TPSA) is 76.3 Å². The fraction of sp³-hybridized carbons (Fsp3) is 0.500. The maximum Gasteiger partial charge on any atom is 0.241 e. The molecule has 1 aliphatic rings. The number of hydrogen-bond donors (Lipinski definition) is 0. The highest BCUT2D eigenvalue weighted by Crippen LogP contribution is 2.38. The van der Waals surface area contributed by atoms with Gasteiger partial charge in [-0.05, 0) is 6.42 Å². The Balaban J connectivity index is 1.70. The average Bonchev–Trinajstić information content (AvgIpc) is 3.19. The molecular weight excluding hydrogens is 346 g/mol. The summed E-state index contributed by atoms with van der Waals surface area (Å²) in [4.78, 5) is 34.4. The summed E-state index contributed by atoms with van der Waals surface area (Å²) in [5.74, 6) is 1.77. The molecule has 0 unspecified atom stereocenters. The minimum absolute atomic E-state index is 0.175. The van der Waals surface area contributed by atoms with E-state index in [1.54, 1.807) is 12.4 Å². The molecule has 0 aliphatic carbocycles. The second-order valence-corrected chi connectivity index (χ2v) is 8.53. The largest absolute Gasteiger partial charge is 0.445 e. The number of imide groups is 1. The van der Waals surface area contributed by atoms with Crippen LogP contribution in [0.15, 0.2) is 21.0 Å². The van der Waals surface area contributed by atoms with E-state index in [-0.39, 0.29) is 11.8 Å². The Morgan fingerprint density at radius 2 is 2.12 bits per heavy atom. The number of thiazole rings is 1. The molecule has 2 aromatic heterocycles. The van der Waals surface area contributed by atoms with Crippen molar-refractivity contribution in [2.24, 2.45) is 5.41 Å². The Hall–Kier alpha value is -1.67. The first-order valence-electron chi connectivity index (χ1n) is 7.80. The van der Waals surface area contributed by atoms with E-state index in [0.29, 0.717) is 29.6 Å². The third kappa shape index (κ3) is 3.39. The molecule has 0 N–H and O–H groups in total. The molecule has 0 spiro atoms. The van der Waals surface area contributed by atoms with Gasteiger partial charge in [0.25, 0.3) is 0 Å². The van der Waals surface area contributed by atoms with E-state index >= 15 is 0 Å². The van der Waals surface area contributed by atoms with Gasteiger partial charge < -0.3 is 4.42 Å².